The lowest BCUT2D eigenvalue weighted by Gasteiger charge is -2.10. The van der Waals surface area contributed by atoms with Gasteiger partial charge in [-0.05, 0) is 35.1 Å². The van der Waals surface area contributed by atoms with Crippen molar-refractivity contribution < 1.29 is 0 Å². The van der Waals surface area contributed by atoms with Crippen LogP contribution in [0.3, 0.4) is 0 Å². The van der Waals surface area contributed by atoms with Crippen molar-refractivity contribution in [3.8, 4) is 6.07 Å². The molecule has 104 valence electrons. The van der Waals surface area contributed by atoms with Crippen LogP contribution in [-0.4, -0.2) is 12.8 Å². The molecule has 0 bridgehead atoms. The lowest BCUT2D eigenvalue weighted by molar-refractivity contribution is 0.902. The molecule has 1 aliphatic heterocycles. The number of hydrogen-bond acceptors (Lipinski definition) is 5. The quantitative estimate of drug-likeness (QED) is 0.894. The van der Waals surface area contributed by atoms with E-state index in [1.807, 2.05) is 13.1 Å². The molecule has 3 nitrogen and oxygen atoms in total. The molecule has 0 amide bonds. The van der Waals surface area contributed by atoms with Gasteiger partial charge in [0.1, 0.15) is 11.0 Å². The van der Waals surface area contributed by atoms with Gasteiger partial charge in [0.2, 0.25) is 0 Å². The average Bonchev–Trinajstić information content (AvgIpc) is 3.10. The second-order valence-electron chi connectivity index (χ2n) is 4.29. The predicted octanol–water partition coefficient (Wildman–Crippen LogP) is 3.46. The Morgan fingerprint density at radius 1 is 1.60 bits per heavy atom. The summed E-state index contributed by atoms with van der Waals surface area (Å²) in [7, 11) is 1.93. The van der Waals surface area contributed by atoms with Gasteiger partial charge in [-0.1, -0.05) is 13.0 Å². The summed E-state index contributed by atoms with van der Waals surface area (Å²) in [6.45, 7) is 2.11. The van der Waals surface area contributed by atoms with Gasteiger partial charge in [0.25, 0.3) is 0 Å². The third kappa shape index (κ3) is 2.92. The molecule has 1 aromatic heterocycles. The van der Waals surface area contributed by atoms with Crippen molar-refractivity contribution in [2.45, 2.75) is 13.3 Å². The first-order chi connectivity index (χ1) is 9.71. The van der Waals surface area contributed by atoms with Crippen LogP contribution in [-0.2, 0) is 0 Å². The monoisotopic (exact) mass is 303 g/mol. The Bertz CT molecular complexity index is 610. The third-order valence-electron chi connectivity index (χ3n) is 3.16. The zero-order chi connectivity index (χ0) is 14.5. The Hall–Kier alpha value is -1.64. The number of nitriles is 1. The molecule has 0 saturated carbocycles. The van der Waals surface area contributed by atoms with E-state index >= 15 is 0 Å². The second kappa shape index (κ2) is 6.69. The Balaban J connectivity index is 2.57. The highest BCUT2D eigenvalue weighted by Crippen LogP contribution is 2.38. The van der Waals surface area contributed by atoms with E-state index in [9.17, 15) is 0 Å². The first-order valence-corrected chi connectivity index (χ1v) is 8.26. The van der Waals surface area contributed by atoms with Crippen molar-refractivity contribution in [3.05, 3.63) is 50.3 Å². The first-order valence-electron chi connectivity index (χ1n) is 6.39. The fraction of sp³-hybridized carbons (Fsp3) is 0.267. The lowest BCUT2D eigenvalue weighted by atomic mass is 10.0. The van der Waals surface area contributed by atoms with Gasteiger partial charge in [0.05, 0.1) is 5.70 Å². The van der Waals surface area contributed by atoms with E-state index in [1.54, 1.807) is 11.3 Å². The lowest BCUT2D eigenvalue weighted by Crippen LogP contribution is -2.07. The number of thiophene rings is 1. The van der Waals surface area contributed by atoms with Crippen LogP contribution in [0.1, 0.15) is 18.2 Å². The van der Waals surface area contributed by atoms with E-state index in [0.29, 0.717) is 10.6 Å². The van der Waals surface area contributed by atoms with Crippen LogP contribution in [0, 0.1) is 11.3 Å². The molecular weight excluding hydrogens is 286 g/mol. The van der Waals surface area contributed by atoms with Crippen LogP contribution >= 0.6 is 23.1 Å². The highest BCUT2D eigenvalue weighted by molar-refractivity contribution is 8.03. The zero-order valence-electron chi connectivity index (χ0n) is 11.6. The first kappa shape index (κ1) is 14.8. The van der Waals surface area contributed by atoms with Gasteiger partial charge < -0.3 is 11.1 Å². The van der Waals surface area contributed by atoms with E-state index in [-0.39, 0.29) is 0 Å². The van der Waals surface area contributed by atoms with Crippen LogP contribution in [0.5, 0.6) is 0 Å². The third-order valence-corrected chi connectivity index (χ3v) is 5.10. The van der Waals surface area contributed by atoms with Crippen molar-refractivity contribution in [2.75, 3.05) is 12.8 Å². The van der Waals surface area contributed by atoms with Gasteiger partial charge in [-0.3, -0.25) is 0 Å². The van der Waals surface area contributed by atoms with Crippen molar-refractivity contribution in [3.63, 3.8) is 0 Å². The maximum Gasteiger partial charge on any atom is 0.108 e. The van der Waals surface area contributed by atoms with Gasteiger partial charge >= 0.3 is 0 Å². The highest BCUT2D eigenvalue weighted by Gasteiger charge is 2.22. The molecule has 1 aromatic rings. The van der Waals surface area contributed by atoms with Crippen molar-refractivity contribution >= 4 is 28.7 Å². The minimum Gasteiger partial charge on any atom is -0.397 e. The normalized spacial score (nSPS) is 18.1. The minimum absolute atomic E-state index is 0.628. The molecule has 0 aromatic carbocycles. The molecule has 0 unspecified atom stereocenters. The molecule has 0 radical (unpaired) electrons. The molecule has 0 atom stereocenters. The Kier molecular flexibility index (Phi) is 4.94. The molecule has 0 aliphatic carbocycles. The van der Waals surface area contributed by atoms with Crippen LogP contribution < -0.4 is 11.1 Å². The van der Waals surface area contributed by atoms with E-state index in [4.69, 9.17) is 11.0 Å². The van der Waals surface area contributed by atoms with E-state index in [1.165, 1.54) is 16.6 Å². The van der Waals surface area contributed by atoms with Gasteiger partial charge in [-0.25, -0.2) is 0 Å². The SMILES string of the molecule is CC/C(=C/C(=C1\CSC(C#N)=C1N)c1cccs1)NC. The molecular formula is C15H17N3S2. The summed E-state index contributed by atoms with van der Waals surface area (Å²) in [4.78, 5) is 1.81. The van der Waals surface area contributed by atoms with Crippen molar-refractivity contribution in [2.24, 2.45) is 5.73 Å². The number of nitrogens with two attached hydrogens (primary N) is 1. The summed E-state index contributed by atoms with van der Waals surface area (Å²) < 4.78 is 0. The number of nitrogens with one attached hydrogen (secondary N) is 1. The van der Waals surface area contributed by atoms with Gasteiger partial charge in [0.15, 0.2) is 0 Å². The van der Waals surface area contributed by atoms with Gasteiger partial charge in [-0.15, -0.1) is 23.1 Å². The number of hydrogen-bond donors (Lipinski definition) is 2. The minimum atomic E-state index is 0.628. The summed E-state index contributed by atoms with van der Waals surface area (Å²) in [5.74, 6) is 0.763. The standard InChI is InChI=1S/C15H17N3S2/c1-3-10(18-2)7-11(13-5-4-6-19-13)12-9-20-14(8-16)15(12)17/h4-7,18H,3,9,17H2,1-2H3/b10-7-,12-11-. The number of rotatable bonds is 4. The fourth-order valence-electron chi connectivity index (χ4n) is 2.02. The molecule has 2 rings (SSSR count). The fourth-order valence-corrected chi connectivity index (χ4v) is 3.73. The smallest absolute Gasteiger partial charge is 0.108 e. The van der Waals surface area contributed by atoms with Gasteiger partial charge in [-0.2, -0.15) is 5.26 Å². The maximum absolute atomic E-state index is 9.08. The molecule has 2 heterocycles. The largest absolute Gasteiger partial charge is 0.397 e. The number of nitrogens with zero attached hydrogens (tertiary/aromatic N) is 1. The molecule has 0 saturated heterocycles. The van der Waals surface area contributed by atoms with Gasteiger partial charge in [0, 0.05) is 23.4 Å². The molecule has 5 heteroatoms. The summed E-state index contributed by atoms with van der Waals surface area (Å²) in [6.07, 6.45) is 3.08. The van der Waals surface area contributed by atoms with Crippen molar-refractivity contribution in [1.82, 2.24) is 5.32 Å². The summed E-state index contributed by atoms with van der Waals surface area (Å²) in [5.41, 5.74) is 10.1. The molecule has 1 aliphatic rings. The number of thioether (sulfide) groups is 1. The van der Waals surface area contributed by atoms with Crippen LogP contribution in [0.4, 0.5) is 0 Å². The maximum atomic E-state index is 9.08. The predicted molar refractivity (Wildman–Crippen MR) is 88.0 cm³/mol. The highest BCUT2D eigenvalue weighted by atomic mass is 32.2. The van der Waals surface area contributed by atoms with E-state index in [0.717, 1.165) is 29.0 Å². The Labute approximate surface area is 127 Å². The summed E-state index contributed by atoms with van der Waals surface area (Å²) >= 11 is 3.21. The number of allylic oxidation sites excluding steroid dienone is 5. The molecule has 3 N–H and O–H groups in total. The molecule has 20 heavy (non-hydrogen) atoms. The Morgan fingerprint density at radius 2 is 2.40 bits per heavy atom. The zero-order valence-corrected chi connectivity index (χ0v) is 13.2. The van der Waals surface area contributed by atoms with E-state index < -0.39 is 0 Å². The average molecular weight is 303 g/mol. The van der Waals surface area contributed by atoms with Crippen LogP contribution in [0.25, 0.3) is 5.57 Å². The second-order valence-corrected chi connectivity index (χ2v) is 6.22. The van der Waals surface area contributed by atoms with Crippen LogP contribution in [0.15, 0.2) is 45.5 Å². The van der Waals surface area contributed by atoms with Crippen molar-refractivity contribution in [1.29, 1.82) is 5.26 Å². The van der Waals surface area contributed by atoms with Crippen LogP contribution in [0.2, 0.25) is 0 Å². The molecule has 0 spiro atoms. The summed E-state index contributed by atoms with van der Waals surface area (Å²) in [5, 5.41) is 14.4. The summed E-state index contributed by atoms with van der Waals surface area (Å²) in [6, 6.07) is 6.30. The Morgan fingerprint density at radius 3 is 2.90 bits per heavy atom. The molecule has 0 fully saturated rings. The van der Waals surface area contributed by atoms with E-state index in [2.05, 4.69) is 35.8 Å². The topological polar surface area (TPSA) is 61.8 Å².